The molecule has 0 spiro atoms. The average molecular weight is 590 g/mol. The van der Waals surface area contributed by atoms with Crippen LogP contribution in [0.4, 0.5) is 5.69 Å². The van der Waals surface area contributed by atoms with Gasteiger partial charge in [0, 0.05) is 16.6 Å². The molecule has 0 aliphatic heterocycles. The molecule has 1 aliphatic carbocycles. The maximum absolute atomic E-state index is 14.4. The number of carbonyl (C=O) groups is 1. The summed E-state index contributed by atoms with van der Waals surface area (Å²) in [6, 6.07) is 13.6. The Kier molecular flexibility index (Phi) is 8.35. The van der Waals surface area contributed by atoms with Crippen molar-refractivity contribution in [2.45, 2.75) is 77.6 Å². The fourth-order valence-electron chi connectivity index (χ4n) is 5.47. The molecule has 0 fully saturated rings. The lowest BCUT2D eigenvalue weighted by molar-refractivity contribution is -0.115. The van der Waals surface area contributed by atoms with Crippen LogP contribution in [0.2, 0.25) is 0 Å². The van der Waals surface area contributed by atoms with Crippen LogP contribution in [0.5, 0.6) is 5.75 Å². The van der Waals surface area contributed by atoms with E-state index in [2.05, 4.69) is 33.0 Å². The minimum absolute atomic E-state index is 0.0803. The number of carbonyl (C=O) groups excluding carboxylic acids is 1. The van der Waals surface area contributed by atoms with Crippen molar-refractivity contribution >= 4 is 44.9 Å². The van der Waals surface area contributed by atoms with E-state index in [-0.39, 0.29) is 16.9 Å². The Bertz CT molecular complexity index is 1650. The van der Waals surface area contributed by atoms with Gasteiger partial charge in [0.2, 0.25) is 5.91 Å². The second kappa shape index (κ2) is 11.6. The maximum Gasteiger partial charge on any atom is 0.267 e. The predicted molar refractivity (Wildman–Crippen MR) is 171 cm³/mol. The lowest BCUT2D eigenvalue weighted by atomic mass is 9.72. The standard InChI is InChI=1S/C33H39N3O3S2/c1-8-21-10-13-23(14-11-21)34-29(37)20(3)40-32-35-30-28(25-16-12-22(33(4,5)6)17-27(25)41-30)31(38)36(32)26-18-24(39-7)15-9-19(26)2/h9-11,13-15,18,20,22H,8,12,16-17H2,1-7H3,(H,34,37)/t20-,22+/m0/s1. The molecule has 2 atom stereocenters. The number of benzene rings is 2. The number of methoxy groups -OCH3 is 1. The van der Waals surface area contributed by atoms with Crippen LogP contribution in [-0.2, 0) is 24.1 Å². The summed E-state index contributed by atoms with van der Waals surface area (Å²) in [5.74, 6) is 1.09. The van der Waals surface area contributed by atoms with Gasteiger partial charge >= 0.3 is 0 Å². The number of rotatable bonds is 7. The van der Waals surface area contributed by atoms with E-state index in [1.165, 1.54) is 22.2 Å². The number of amides is 1. The third-order valence-corrected chi connectivity index (χ3v) is 10.4. The summed E-state index contributed by atoms with van der Waals surface area (Å²) < 4.78 is 7.20. The fourth-order valence-corrected chi connectivity index (χ4v) is 7.73. The lowest BCUT2D eigenvalue weighted by Gasteiger charge is -2.33. The number of nitrogens with zero attached hydrogens (tertiary/aromatic N) is 2. The van der Waals surface area contributed by atoms with Crippen LogP contribution in [0.3, 0.4) is 0 Å². The van der Waals surface area contributed by atoms with E-state index in [0.717, 1.165) is 58.4 Å². The molecule has 2 heterocycles. The average Bonchev–Trinajstić information content (AvgIpc) is 3.31. The Labute approximate surface area is 250 Å². The highest BCUT2D eigenvalue weighted by molar-refractivity contribution is 8.00. The zero-order valence-electron chi connectivity index (χ0n) is 25.0. The summed E-state index contributed by atoms with van der Waals surface area (Å²) in [6.45, 7) is 12.8. The molecule has 41 heavy (non-hydrogen) atoms. The highest BCUT2D eigenvalue weighted by Crippen LogP contribution is 2.43. The Morgan fingerprint density at radius 3 is 2.61 bits per heavy atom. The van der Waals surface area contributed by atoms with Crippen molar-refractivity contribution in [1.82, 2.24) is 9.55 Å². The second-order valence-corrected chi connectivity index (χ2v) is 14.4. The molecule has 4 aromatic rings. The van der Waals surface area contributed by atoms with E-state index in [9.17, 15) is 9.59 Å². The number of anilines is 1. The maximum atomic E-state index is 14.4. The summed E-state index contributed by atoms with van der Waals surface area (Å²) in [7, 11) is 1.62. The minimum Gasteiger partial charge on any atom is -0.497 e. The van der Waals surface area contributed by atoms with Gasteiger partial charge in [-0.2, -0.15) is 0 Å². The SMILES string of the molecule is CCc1ccc(NC(=O)[C@H](C)Sc2nc3sc4c(c3c(=O)n2-c2cc(OC)ccc2C)CC[C@@H](C(C)(C)C)C4)cc1. The molecular formula is C33H39N3O3S2. The number of aromatic nitrogens is 2. The highest BCUT2D eigenvalue weighted by atomic mass is 32.2. The van der Waals surface area contributed by atoms with Crippen LogP contribution in [0.1, 0.15) is 62.6 Å². The number of nitrogens with one attached hydrogen (secondary N) is 1. The Hall–Kier alpha value is -3.10. The van der Waals surface area contributed by atoms with Crippen LogP contribution in [0, 0.1) is 18.3 Å². The first kappa shape index (κ1) is 29.4. The molecule has 0 radical (unpaired) electrons. The van der Waals surface area contributed by atoms with Gasteiger partial charge in [0.15, 0.2) is 5.16 Å². The number of hydrogen-bond acceptors (Lipinski definition) is 6. The monoisotopic (exact) mass is 589 g/mol. The molecule has 0 saturated heterocycles. The molecule has 1 amide bonds. The molecule has 2 aromatic heterocycles. The number of hydrogen-bond donors (Lipinski definition) is 1. The van der Waals surface area contributed by atoms with E-state index in [1.54, 1.807) is 23.0 Å². The molecule has 8 heteroatoms. The van der Waals surface area contributed by atoms with Crippen molar-refractivity contribution in [1.29, 1.82) is 0 Å². The van der Waals surface area contributed by atoms with E-state index in [0.29, 0.717) is 16.8 Å². The van der Waals surface area contributed by atoms with E-state index < -0.39 is 5.25 Å². The zero-order valence-corrected chi connectivity index (χ0v) is 26.6. The molecule has 1 aliphatic rings. The predicted octanol–water partition coefficient (Wildman–Crippen LogP) is 7.60. The van der Waals surface area contributed by atoms with Crippen molar-refractivity contribution in [2.75, 3.05) is 12.4 Å². The topological polar surface area (TPSA) is 73.2 Å². The van der Waals surface area contributed by atoms with E-state index in [1.807, 2.05) is 56.3 Å². The van der Waals surface area contributed by atoms with Crippen molar-refractivity contribution in [3.8, 4) is 11.4 Å². The van der Waals surface area contributed by atoms with Gasteiger partial charge in [-0.3, -0.25) is 14.2 Å². The van der Waals surface area contributed by atoms with E-state index >= 15 is 0 Å². The lowest BCUT2D eigenvalue weighted by Crippen LogP contribution is -2.28. The first-order valence-corrected chi connectivity index (χ1v) is 16.0. The molecule has 1 N–H and O–H groups in total. The van der Waals surface area contributed by atoms with E-state index in [4.69, 9.17) is 9.72 Å². The van der Waals surface area contributed by atoms with Crippen molar-refractivity contribution in [3.63, 3.8) is 0 Å². The fraction of sp³-hybridized carbons (Fsp3) is 0.424. The Morgan fingerprint density at radius 2 is 1.95 bits per heavy atom. The third-order valence-electron chi connectivity index (χ3n) is 8.22. The van der Waals surface area contributed by atoms with Crippen molar-refractivity contribution < 1.29 is 9.53 Å². The number of fused-ring (bicyclic) bond motifs is 3. The van der Waals surface area contributed by atoms with Crippen LogP contribution < -0.4 is 15.6 Å². The molecule has 6 nitrogen and oxygen atoms in total. The Morgan fingerprint density at radius 1 is 1.22 bits per heavy atom. The second-order valence-electron chi connectivity index (χ2n) is 12.0. The van der Waals surface area contributed by atoms with Crippen LogP contribution in [0.25, 0.3) is 15.9 Å². The minimum atomic E-state index is -0.484. The highest BCUT2D eigenvalue weighted by Gasteiger charge is 2.33. The third kappa shape index (κ3) is 5.95. The number of thioether (sulfide) groups is 1. The van der Waals surface area contributed by atoms with Gasteiger partial charge in [-0.15, -0.1) is 11.3 Å². The first-order chi connectivity index (χ1) is 19.5. The van der Waals surface area contributed by atoms with Crippen LogP contribution in [-0.4, -0.2) is 27.8 Å². The summed E-state index contributed by atoms with van der Waals surface area (Å²) in [4.78, 5) is 34.8. The molecule has 2 aromatic carbocycles. The number of thiophene rings is 1. The Balaban J connectivity index is 1.58. The summed E-state index contributed by atoms with van der Waals surface area (Å²) in [6.07, 6.45) is 3.86. The number of ether oxygens (including phenoxy) is 1. The summed E-state index contributed by atoms with van der Waals surface area (Å²) in [5.41, 5.74) is 4.90. The summed E-state index contributed by atoms with van der Waals surface area (Å²) in [5, 5.41) is 3.76. The zero-order chi connectivity index (χ0) is 29.5. The number of aryl methyl sites for hydroxylation is 3. The molecule has 5 rings (SSSR count). The van der Waals surface area contributed by atoms with Crippen LogP contribution in [0.15, 0.2) is 52.4 Å². The van der Waals surface area contributed by atoms with Gasteiger partial charge in [0.25, 0.3) is 5.56 Å². The van der Waals surface area contributed by atoms with Gasteiger partial charge in [0.1, 0.15) is 10.6 Å². The van der Waals surface area contributed by atoms with Crippen molar-refractivity contribution in [3.05, 3.63) is 74.4 Å². The normalized spacial score (nSPS) is 15.9. The smallest absolute Gasteiger partial charge is 0.267 e. The molecule has 0 saturated carbocycles. The van der Waals surface area contributed by atoms with Gasteiger partial charge in [-0.25, -0.2) is 4.98 Å². The van der Waals surface area contributed by atoms with Crippen LogP contribution >= 0.6 is 23.1 Å². The molecule has 0 unspecified atom stereocenters. The van der Waals surface area contributed by atoms with Crippen molar-refractivity contribution in [2.24, 2.45) is 11.3 Å². The van der Waals surface area contributed by atoms with Gasteiger partial charge in [-0.05, 0) is 85.8 Å². The quantitative estimate of drug-likeness (QED) is 0.178. The van der Waals surface area contributed by atoms with Gasteiger partial charge < -0.3 is 10.1 Å². The molecule has 216 valence electrons. The van der Waals surface area contributed by atoms with Gasteiger partial charge in [-0.1, -0.05) is 57.7 Å². The first-order valence-electron chi connectivity index (χ1n) is 14.3. The van der Waals surface area contributed by atoms with Gasteiger partial charge in [0.05, 0.1) is 23.4 Å². The molecular weight excluding hydrogens is 551 g/mol. The largest absolute Gasteiger partial charge is 0.497 e. The molecule has 0 bridgehead atoms. The summed E-state index contributed by atoms with van der Waals surface area (Å²) >= 11 is 2.95.